The van der Waals surface area contributed by atoms with E-state index in [9.17, 15) is 5.11 Å². The number of rotatable bonds is 9. The predicted octanol–water partition coefficient (Wildman–Crippen LogP) is 0.732. The van der Waals surface area contributed by atoms with Crippen LogP contribution in [0.2, 0.25) is 0 Å². The number of hydrogen-bond donors (Lipinski definition) is 2. The maximum atomic E-state index is 10.4. The zero-order valence-corrected chi connectivity index (χ0v) is 13.3. The number of methoxy groups -OCH3 is 1. The molecule has 0 aromatic carbocycles. The van der Waals surface area contributed by atoms with Crippen molar-refractivity contribution in [2.45, 2.75) is 26.5 Å². The van der Waals surface area contributed by atoms with E-state index in [2.05, 4.69) is 29.2 Å². The van der Waals surface area contributed by atoms with Crippen molar-refractivity contribution in [2.24, 2.45) is 5.92 Å². The fraction of sp³-hybridized carbons (Fsp3) is 0.786. The molecular formula is C14H28N4O2. The number of nitrogens with one attached hydrogen (secondary N) is 1. The van der Waals surface area contributed by atoms with Crippen LogP contribution in [0.3, 0.4) is 0 Å². The SMILES string of the molecule is COc1cnn(CCN(C)C)c1C(O)CNCC(C)C. The molecule has 1 unspecified atom stereocenters. The zero-order chi connectivity index (χ0) is 15.1. The van der Waals surface area contributed by atoms with Crippen molar-refractivity contribution >= 4 is 0 Å². The van der Waals surface area contributed by atoms with Crippen molar-refractivity contribution in [3.8, 4) is 5.75 Å². The van der Waals surface area contributed by atoms with E-state index in [0.717, 1.165) is 25.3 Å². The summed E-state index contributed by atoms with van der Waals surface area (Å²) in [4.78, 5) is 2.08. The van der Waals surface area contributed by atoms with E-state index in [0.29, 0.717) is 18.2 Å². The largest absolute Gasteiger partial charge is 0.493 e. The number of ether oxygens (including phenoxy) is 1. The molecule has 20 heavy (non-hydrogen) atoms. The molecule has 0 radical (unpaired) electrons. The summed E-state index contributed by atoms with van der Waals surface area (Å²) < 4.78 is 7.12. The lowest BCUT2D eigenvalue weighted by molar-refractivity contribution is 0.157. The lowest BCUT2D eigenvalue weighted by Gasteiger charge is -2.17. The summed E-state index contributed by atoms with van der Waals surface area (Å²) in [7, 11) is 5.63. The molecule has 1 rings (SSSR count). The minimum Gasteiger partial charge on any atom is -0.493 e. The first-order valence-corrected chi connectivity index (χ1v) is 7.08. The number of hydrogen-bond acceptors (Lipinski definition) is 5. The average molecular weight is 284 g/mol. The molecule has 1 atom stereocenters. The van der Waals surface area contributed by atoms with Crippen LogP contribution in [0.15, 0.2) is 6.20 Å². The molecule has 116 valence electrons. The number of aliphatic hydroxyl groups is 1. The van der Waals surface area contributed by atoms with Gasteiger partial charge in [0.1, 0.15) is 11.8 Å². The Morgan fingerprint density at radius 2 is 2.10 bits per heavy atom. The number of aromatic nitrogens is 2. The summed E-state index contributed by atoms with van der Waals surface area (Å²) in [5.74, 6) is 1.20. The normalized spacial score (nSPS) is 13.2. The van der Waals surface area contributed by atoms with Gasteiger partial charge >= 0.3 is 0 Å². The summed E-state index contributed by atoms with van der Waals surface area (Å²) in [5, 5.41) is 17.9. The number of aliphatic hydroxyl groups excluding tert-OH is 1. The molecule has 0 spiro atoms. The van der Waals surface area contributed by atoms with E-state index in [4.69, 9.17) is 4.74 Å². The summed E-state index contributed by atoms with van der Waals surface area (Å²) in [6.45, 7) is 7.26. The molecule has 6 nitrogen and oxygen atoms in total. The molecular weight excluding hydrogens is 256 g/mol. The van der Waals surface area contributed by atoms with Crippen molar-refractivity contribution in [3.63, 3.8) is 0 Å². The lowest BCUT2D eigenvalue weighted by atomic mass is 10.2. The van der Waals surface area contributed by atoms with Crippen LogP contribution in [0.25, 0.3) is 0 Å². The quantitative estimate of drug-likeness (QED) is 0.700. The first kappa shape index (κ1) is 16.9. The molecule has 0 fully saturated rings. The second-order valence-electron chi connectivity index (χ2n) is 5.69. The highest BCUT2D eigenvalue weighted by Crippen LogP contribution is 2.24. The van der Waals surface area contributed by atoms with Gasteiger partial charge in [0.2, 0.25) is 0 Å². The zero-order valence-electron chi connectivity index (χ0n) is 13.3. The second-order valence-corrected chi connectivity index (χ2v) is 5.69. The van der Waals surface area contributed by atoms with Crippen molar-refractivity contribution in [2.75, 3.05) is 40.8 Å². The number of nitrogens with zero attached hydrogens (tertiary/aromatic N) is 3. The van der Waals surface area contributed by atoms with E-state index in [1.54, 1.807) is 13.3 Å². The Balaban J connectivity index is 2.71. The molecule has 1 aromatic rings. The van der Waals surface area contributed by atoms with Gasteiger partial charge in [-0.05, 0) is 26.6 Å². The Hall–Kier alpha value is -1.11. The Morgan fingerprint density at radius 3 is 2.65 bits per heavy atom. The van der Waals surface area contributed by atoms with Gasteiger partial charge in [-0.1, -0.05) is 13.8 Å². The molecule has 0 saturated heterocycles. The van der Waals surface area contributed by atoms with Crippen LogP contribution in [0.1, 0.15) is 25.6 Å². The van der Waals surface area contributed by atoms with Gasteiger partial charge in [0.15, 0.2) is 5.75 Å². The molecule has 1 aromatic heterocycles. The lowest BCUT2D eigenvalue weighted by Crippen LogP contribution is -2.28. The molecule has 1 heterocycles. The Morgan fingerprint density at radius 1 is 1.40 bits per heavy atom. The average Bonchev–Trinajstić information content (AvgIpc) is 2.78. The third-order valence-corrected chi connectivity index (χ3v) is 3.03. The molecule has 0 bridgehead atoms. The highest BCUT2D eigenvalue weighted by atomic mass is 16.5. The van der Waals surface area contributed by atoms with Crippen LogP contribution >= 0.6 is 0 Å². The monoisotopic (exact) mass is 284 g/mol. The molecule has 0 aliphatic carbocycles. The van der Waals surface area contributed by atoms with E-state index < -0.39 is 6.10 Å². The van der Waals surface area contributed by atoms with Gasteiger partial charge < -0.3 is 20.1 Å². The van der Waals surface area contributed by atoms with Crippen LogP contribution in [0, 0.1) is 5.92 Å². The first-order valence-electron chi connectivity index (χ1n) is 7.08. The molecule has 0 aliphatic heterocycles. The van der Waals surface area contributed by atoms with Crippen LogP contribution in [-0.2, 0) is 6.54 Å². The van der Waals surface area contributed by atoms with E-state index in [1.165, 1.54) is 0 Å². The molecule has 2 N–H and O–H groups in total. The smallest absolute Gasteiger partial charge is 0.162 e. The van der Waals surface area contributed by atoms with Crippen molar-refractivity contribution in [1.82, 2.24) is 20.0 Å². The van der Waals surface area contributed by atoms with Gasteiger partial charge in [0, 0.05) is 13.1 Å². The van der Waals surface area contributed by atoms with Gasteiger partial charge in [-0.2, -0.15) is 5.10 Å². The van der Waals surface area contributed by atoms with Gasteiger partial charge in [0.05, 0.1) is 19.9 Å². The highest BCUT2D eigenvalue weighted by molar-refractivity contribution is 5.27. The van der Waals surface area contributed by atoms with Crippen LogP contribution in [0.4, 0.5) is 0 Å². The molecule has 0 amide bonds. The maximum absolute atomic E-state index is 10.4. The Bertz CT molecular complexity index is 391. The topological polar surface area (TPSA) is 62.5 Å². The van der Waals surface area contributed by atoms with Gasteiger partial charge in [-0.15, -0.1) is 0 Å². The summed E-state index contributed by atoms with van der Waals surface area (Å²) in [6.07, 6.45) is 1.05. The fourth-order valence-corrected chi connectivity index (χ4v) is 1.95. The fourth-order valence-electron chi connectivity index (χ4n) is 1.95. The van der Waals surface area contributed by atoms with Gasteiger partial charge in [0.25, 0.3) is 0 Å². The Labute approximate surface area is 121 Å². The van der Waals surface area contributed by atoms with E-state index in [1.807, 2.05) is 18.8 Å². The minimum atomic E-state index is -0.617. The standard InChI is InChI=1S/C14H28N4O2/c1-11(2)8-15-9-12(19)14-13(20-5)10-16-18(14)7-6-17(3)4/h10-12,15,19H,6-9H2,1-5H3. The summed E-state index contributed by atoms with van der Waals surface area (Å²) >= 11 is 0. The first-order chi connectivity index (χ1) is 9.45. The van der Waals surface area contributed by atoms with Crippen molar-refractivity contribution < 1.29 is 9.84 Å². The van der Waals surface area contributed by atoms with E-state index in [-0.39, 0.29) is 0 Å². The molecule has 6 heteroatoms. The van der Waals surface area contributed by atoms with Crippen LogP contribution < -0.4 is 10.1 Å². The molecule has 0 saturated carbocycles. The number of likely N-dealkylation sites (N-methyl/N-ethyl adjacent to an activating group) is 1. The van der Waals surface area contributed by atoms with Crippen molar-refractivity contribution in [1.29, 1.82) is 0 Å². The highest BCUT2D eigenvalue weighted by Gasteiger charge is 2.19. The molecule has 0 aliphatic rings. The third kappa shape index (κ3) is 5.11. The second kappa shape index (κ2) is 8.24. The van der Waals surface area contributed by atoms with Gasteiger partial charge in [-0.25, -0.2) is 0 Å². The third-order valence-electron chi connectivity index (χ3n) is 3.03. The predicted molar refractivity (Wildman–Crippen MR) is 80.0 cm³/mol. The maximum Gasteiger partial charge on any atom is 0.162 e. The van der Waals surface area contributed by atoms with Crippen LogP contribution in [-0.4, -0.2) is 60.6 Å². The van der Waals surface area contributed by atoms with Crippen molar-refractivity contribution in [3.05, 3.63) is 11.9 Å². The summed E-state index contributed by atoms with van der Waals surface area (Å²) in [5.41, 5.74) is 0.741. The van der Waals surface area contributed by atoms with E-state index >= 15 is 0 Å². The minimum absolute atomic E-state index is 0.502. The van der Waals surface area contributed by atoms with Gasteiger partial charge in [-0.3, -0.25) is 4.68 Å². The summed E-state index contributed by atoms with van der Waals surface area (Å²) in [6, 6.07) is 0. The van der Waals surface area contributed by atoms with Crippen LogP contribution in [0.5, 0.6) is 5.75 Å². The Kier molecular flexibility index (Phi) is 6.98.